The molecule has 0 aromatic heterocycles. The first-order valence-electron chi connectivity index (χ1n) is 7.14. The smallest absolute Gasteiger partial charge is 0.256 e. The molecule has 20 heavy (non-hydrogen) atoms. The molecule has 4 heteroatoms. The number of benzene rings is 1. The van der Waals surface area contributed by atoms with Crippen LogP contribution in [-0.2, 0) is 0 Å². The zero-order valence-corrected chi connectivity index (χ0v) is 12.4. The van der Waals surface area contributed by atoms with E-state index in [0.29, 0.717) is 5.92 Å². The van der Waals surface area contributed by atoms with Gasteiger partial charge < -0.3 is 10.6 Å². The van der Waals surface area contributed by atoms with E-state index in [2.05, 4.69) is 20.8 Å². The molecule has 1 aromatic rings. The maximum atomic E-state index is 13.4. The molecule has 1 heterocycles. The van der Waals surface area contributed by atoms with Crippen LogP contribution in [0.5, 0.6) is 0 Å². The van der Waals surface area contributed by atoms with Crippen molar-refractivity contribution in [2.75, 3.05) is 18.8 Å². The first-order valence-corrected chi connectivity index (χ1v) is 7.14. The van der Waals surface area contributed by atoms with Crippen molar-refractivity contribution < 1.29 is 9.18 Å². The van der Waals surface area contributed by atoms with Crippen LogP contribution in [0.4, 0.5) is 10.1 Å². The van der Waals surface area contributed by atoms with E-state index in [1.165, 1.54) is 12.1 Å². The molecule has 1 saturated heterocycles. The normalized spacial score (nSPS) is 17.3. The Morgan fingerprint density at radius 1 is 1.30 bits per heavy atom. The minimum Gasteiger partial charge on any atom is -0.396 e. The average molecular weight is 278 g/mol. The van der Waals surface area contributed by atoms with Gasteiger partial charge in [-0.3, -0.25) is 4.79 Å². The Morgan fingerprint density at radius 3 is 2.45 bits per heavy atom. The topological polar surface area (TPSA) is 46.3 Å². The van der Waals surface area contributed by atoms with Crippen molar-refractivity contribution in [2.24, 2.45) is 11.3 Å². The van der Waals surface area contributed by atoms with Gasteiger partial charge in [0.2, 0.25) is 0 Å². The Balaban J connectivity index is 2.07. The second kappa shape index (κ2) is 5.43. The summed E-state index contributed by atoms with van der Waals surface area (Å²) in [5, 5.41) is 0. The van der Waals surface area contributed by atoms with Gasteiger partial charge in [0.05, 0.1) is 11.3 Å². The van der Waals surface area contributed by atoms with Crippen LogP contribution in [0.25, 0.3) is 0 Å². The lowest BCUT2D eigenvalue weighted by molar-refractivity contribution is 0.0609. The third kappa shape index (κ3) is 2.94. The Hall–Kier alpha value is -1.58. The van der Waals surface area contributed by atoms with Crippen LogP contribution < -0.4 is 5.73 Å². The van der Waals surface area contributed by atoms with Crippen molar-refractivity contribution in [3.05, 3.63) is 29.6 Å². The molecule has 0 radical (unpaired) electrons. The first kappa shape index (κ1) is 14.8. The number of nitrogens with zero attached hydrogens (tertiary/aromatic N) is 1. The number of nitrogen functional groups attached to an aromatic ring is 1. The number of carbonyl (C=O) groups is 1. The van der Waals surface area contributed by atoms with E-state index >= 15 is 0 Å². The Labute approximate surface area is 120 Å². The largest absolute Gasteiger partial charge is 0.396 e. The number of para-hydroxylation sites is 1. The summed E-state index contributed by atoms with van der Waals surface area (Å²) in [5.41, 5.74) is 6.17. The van der Waals surface area contributed by atoms with Gasteiger partial charge in [-0.2, -0.15) is 0 Å². The molecule has 3 nitrogen and oxygen atoms in total. The minimum atomic E-state index is -0.527. The summed E-state index contributed by atoms with van der Waals surface area (Å²) < 4.78 is 13.4. The molecular formula is C16H23FN2O. The molecular weight excluding hydrogens is 255 g/mol. The number of anilines is 1. The molecule has 1 fully saturated rings. The number of amides is 1. The second-order valence-electron chi connectivity index (χ2n) is 6.63. The number of carbonyl (C=O) groups excluding carboxylic acids is 1. The van der Waals surface area contributed by atoms with Crippen LogP contribution in [0.15, 0.2) is 18.2 Å². The second-order valence-corrected chi connectivity index (χ2v) is 6.63. The van der Waals surface area contributed by atoms with Crippen LogP contribution in [0.1, 0.15) is 44.0 Å². The van der Waals surface area contributed by atoms with Gasteiger partial charge in [0.1, 0.15) is 5.82 Å². The highest BCUT2D eigenvalue weighted by Crippen LogP contribution is 2.34. The van der Waals surface area contributed by atoms with Gasteiger partial charge in [-0.05, 0) is 36.3 Å². The Morgan fingerprint density at radius 2 is 1.90 bits per heavy atom. The fraction of sp³-hybridized carbons (Fsp3) is 0.562. The predicted molar refractivity (Wildman–Crippen MR) is 78.9 cm³/mol. The average Bonchev–Trinajstić information content (AvgIpc) is 2.40. The first-order chi connectivity index (χ1) is 9.30. The molecule has 1 aromatic carbocycles. The zero-order chi connectivity index (χ0) is 14.9. The number of piperidine rings is 1. The molecule has 2 N–H and O–H groups in total. The number of likely N-dealkylation sites (tertiary alicyclic amines) is 1. The maximum absolute atomic E-state index is 13.4. The van der Waals surface area contributed by atoms with Crippen LogP contribution in [0.2, 0.25) is 0 Å². The standard InChI is InChI=1S/C16H23FN2O/c1-16(2,3)11-7-9-19(10-8-11)15(20)12-5-4-6-13(17)14(12)18/h4-6,11H,7-10,18H2,1-3H3. The summed E-state index contributed by atoms with van der Waals surface area (Å²) >= 11 is 0. The molecule has 110 valence electrons. The van der Waals surface area contributed by atoms with Crippen LogP contribution in [0.3, 0.4) is 0 Å². The number of hydrogen-bond acceptors (Lipinski definition) is 2. The van der Waals surface area contributed by atoms with Gasteiger partial charge in [-0.1, -0.05) is 26.8 Å². The molecule has 1 amide bonds. The highest BCUT2D eigenvalue weighted by molar-refractivity contribution is 5.99. The minimum absolute atomic E-state index is 0.0459. The molecule has 0 aliphatic carbocycles. The lowest BCUT2D eigenvalue weighted by Gasteiger charge is -2.38. The van der Waals surface area contributed by atoms with Crippen molar-refractivity contribution in [2.45, 2.75) is 33.6 Å². The van der Waals surface area contributed by atoms with E-state index in [1.807, 2.05) is 0 Å². The summed E-state index contributed by atoms with van der Waals surface area (Å²) in [6.07, 6.45) is 1.98. The fourth-order valence-corrected chi connectivity index (χ4v) is 2.84. The van der Waals surface area contributed by atoms with Gasteiger partial charge in [0.15, 0.2) is 0 Å². The molecule has 2 rings (SSSR count). The number of hydrogen-bond donors (Lipinski definition) is 1. The van der Waals surface area contributed by atoms with E-state index in [1.54, 1.807) is 11.0 Å². The van der Waals surface area contributed by atoms with Crippen molar-refractivity contribution in [1.29, 1.82) is 0 Å². The highest BCUT2D eigenvalue weighted by Gasteiger charge is 2.31. The van der Waals surface area contributed by atoms with Crippen molar-refractivity contribution >= 4 is 11.6 Å². The molecule has 1 aliphatic rings. The third-order valence-electron chi connectivity index (χ3n) is 4.29. The van der Waals surface area contributed by atoms with Crippen LogP contribution in [0, 0.1) is 17.2 Å². The van der Waals surface area contributed by atoms with Crippen molar-refractivity contribution in [3.63, 3.8) is 0 Å². The summed E-state index contributed by atoms with van der Waals surface area (Å²) in [6.45, 7) is 8.15. The molecule has 0 unspecified atom stereocenters. The molecule has 0 spiro atoms. The maximum Gasteiger partial charge on any atom is 0.256 e. The predicted octanol–water partition coefficient (Wildman–Crippen LogP) is 3.31. The molecule has 1 aliphatic heterocycles. The summed E-state index contributed by atoms with van der Waals surface area (Å²) in [5.74, 6) is -0.0637. The van der Waals surface area contributed by atoms with Crippen LogP contribution >= 0.6 is 0 Å². The highest BCUT2D eigenvalue weighted by atomic mass is 19.1. The van der Waals surface area contributed by atoms with E-state index in [9.17, 15) is 9.18 Å². The summed E-state index contributed by atoms with van der Waals surface area (Å²) in [6, 6.07) is 4.40. The molecule has 0 bridgehead atoms. The van der Waals surface area contributed by atoms with Gasteiger partial charge in [-0.15, -0.1) is 0 Å². The fourth-order valence-electron chi connectivity index (χ4n) is 2.84. The Kier molecular flexibility index (Phi) is 4.02. The zero-order valence-electron chi connectivity index (χ0n) is 12.4. The summed E-state index contributed by atoms with van der Waals surface area (Å²) in [4.78, 5) is 14.2. The number of rotatable bonds is 1. The third-order valence-corrected chi connectivity index (χ3v) is 4.29. The van der Waals surface area contributed by atoms with Gasteiger partial charge in [0.25, 0.3) is 5.91 Å². The van der Waals surface area contributed by atoms with Crippen molar-refractivity contribution in [1.82, 2.24) is 4.90 Å². The van der Waals surface area contributed by atoms with E-state index in [-0.39, 0.29) is 22.6 Å². The lowest BCUT2D eigenvalue weighted by Crippen LogP contribution is -2.41. The van der Waals surface area contributed by atoms with Crippen LogP contribution in [-0.4, -0.2) is 23.9 Å². The molecule has 0 saturated carbocycles. The van der Waals surface area contributed by atoms with Gasteiger partial charge >= 0.3 is 0 Å². The van der Waals surface area contributed by atoms with Crippen molar-refractivity contribution in [3.8, 4) is 0 Å². The number of nitrogens with two attached hydrogens (primary N) is 1. The van der Waals surface area contributed by atoms with E-state index in [0.717, 1.165) is 25.9 Å². The van der Waals surface area contributed by atoms with Gasteiger partial charge in [0, 0.05) is 13.1 Å². The lowest BCUT2D eigenvalue weighted by atomic mass is 9.75. The monoisotopic (exact) mass is 278 g/mol. The summed E-state index contributed by atoms with van der Waals surface area (Å²) in [7, 11) is 0. The van der Waals surface area contributed by atoms with E-state index < -0.39 is 5.82 Å². The quantitative estimate of drug-likeness (QED) is 0.801. The van der Waals surface area contributed by atoms with Gasteiger partial charge in [-0.25, -0.2) is 4.39 Å². The Bertz CT molecular complexity index is 500. The van der Waals surface area contributed by atoms with E-state index in [4.69, 9.17) is 5.73 Å². The SMILES string of the molecule is CC(C)(C)C1CCN(C(=O)c2cccc(F)c2N)CC1. The molecule has 0 atom stereocenters. The number of halogens is 1.